The first-order valence-electron chi connectivity index (χ1n) is 11.1. The number of fused-ring (bicyclic) bond motifs is 1. The van der Waals surface area contributed by atoms with Gasteiger partial charge in [0.15, 0.2) is 5.78 Å². The van der Waals surface area contributed by atoms with Crippen molar-refractivity contribution in [2.75, 3.05) is 0 Å². The van der Waals surface area contributed by atoms with Crippen LogP contribution in [0.1, 0.15) is 52.9 Å². The third-order valence-electron chi connectivity index (χ3n) is 6.15. The predicted octanol–water partition coefficient (Wildman–Crippen LogP) is 6.98. The molecule has 162 valence electrons. The number of pyridine rings is 1. The van der Waals surface area contributed by atoms with Crippen LogP contribution in [0.4, 0.5) is 4.39 Å². The fourth-order valence-electron chi connectivity index (χ4n) is 4.20. The quantitative estimate of drug-likeness (QED) is 0.307. The number of carbonyl (C=O) groups excluding carboxylic acids is 1. The van der Waals surface area contributed by atoms with Crippen molar-refractivity contribution in [3.8, 4) is 0 Å². The summed E-state index contributed by atoms with van der Waals surface area (Å²) in [7, 11) is 0. The molecule has 0 fully saturated rings. The van der Waals surface area contributed by atoms with E-state index in [1.54, 1.807) is 12.1 Å². The molecule has 0 bridgehead atoms. The first-order chi connectivity index (χ1) is 16.1. The smallest absolute Gasteiger partial charge is 0.163 e. The van der Waals surface area contributed by atoms with Gasteiger partial charge in [-0.25, -0.2) is 4.39 Å². The van der Waals surface area contributed by atoms with Crippen LogP contribution in [-0.4, -0.2) is 16.5 Å². The molecule has 0 saturated heterocycles. The summed E-state index contributed by atoms with van der Waals surface area (Å²) in [6.07, 6.45) is 4.80. The number of hydrogen-bond acceptors (Lipinski definition) is 3. The Morgan fingerprint density at radius 1 is 0.970 bits per heavy atom. The molecular formula is C29H23FN2O. The summed E-state index contributed by atoms with van der Waals surface area (Å²) in [5.74, 6) is -0.179. The number of aromatic nitrogens is 1. The number of Topliss-reactive ketones (excluding diaryl/α,β-unsaturated/α-hetero) is 1. The number of benzene rings is 3. The van der Waals surface area contributed by atoms with Crippen LogP contribution in [0.2, 0.25) is 0 Å². The van der Waals surface area contributed by atoms with Crippen molar-refractivity contribution in [3.05, 3.63) is 119 Å². The Morgan fingerprint density at radius 3 is 2.58 bits per heavy atom. The van der Waals surface area contributed by atoms with Gasteiger partial charge in [-0.15, -0.1) is 0 Å². The van der Waals surface area contributed by atoms with Gasteiger partial charge in [-0.2, -0.15) is 0 Å². The van der Waals surface area contributed by atoms with Crippen LogP contribution in [0, 0.1) is 5.82 Å². The van der Waals surface area contributed by atoms with E-state index in [1.807, 2.05) is 61.8 Å². The Bertz CT molecular complexity index is 1400. The molecule has 1 aliphatic rings. The molecule has 0 radical (unpaired) electrons. The van der Waals surface area contributed by atoms with E-state index in [-0.39, 0.29) is 17.5 Å². The summed E-state index contributed by atoms with van der Waals surface area (Å²) in [5.41, 5.74) is 5.51. The largest absolute Gasteiger partial charge is 0.294 e. The van der Waals surface area contributed by atoms with Crippen LogP contribution in [-0.2, 0) is 0 Å². The highest BCUT2D eigenvalue weighted by atomic mass is 19.1. The normalized spacial score (nSPS) is 14.1. The number of allylic oxidation sites excluding steroid dienone is 1. The van der Waals surface area contributed by atoms with Crippen LogP contribution >= 0.6 is 0 Å². The van der Waals surface area contributed by atoms with E-state index in [1.165, 1.54) is 12.1 Å². The number of aliphatic imine (C=N–C) groups is 1. The topological polar surface area (TPSA) is 42.3 Å². The second-order valence-corrected chi connectivity index (χ2v) is 8.48. The molecule has 3 nitrogen and oxygen atoms in total. The van der Waals surface area contributed by atoms with Gasteiger partial charge in [0.2, 0.25) is 0 Å². The van der Waals surface area contributed by atoms with Crippen molar-refractivity contribution in [1.82, 2.24) is 4.98 Å². The molecule has 0 spiro atoms. The third-order valence-corrected chi connectivity index (χ3v) is 6.15. The van der Waals surface area contributed by atoms with Crippen molar-refractivity contribution < 1.29 is 9.18 Å². The average Bonchev–Trinajstić information content (AvgIpc) is 3.35. The highest BCUT2D eigenvalue weighted by Gasteiger charge is 2.18. The van der Waals surface area contributed by atoms with Crippen molar-refractivity contribution >= 4 is 27.8 Å². The number of carbonyl (C=O) groups is 1. The van der Waals surface area contributed by atoms with Crippen LogP contribution in [0.5, 0.6) is 0 Å². The standard InChI is InChI=1S/C29H23FN2O/c1-19(20-9-11-26(30)12-10-20)13-29(33)23-8-4-7-21(14-23)25-16-28(32-18-25)27-15-22-5-2-3-6-24(22)17-31-27/h2-12,14-15,17-19H,13,16H2,1H3/t19-/m0/s1. The second kappa shape index (κ2) is 8.91. The van der Waals surface area contributed by atoms with Crippen LogP contribution in [0.15, 0.2) is 96.3 Å². The van der Waals surface area contributed by atoms with Crippen LogP contribution < -0.4 is 0 Å². The minimum absolute atomic E-state index is 0.0152. The van der Waals surface area contributed by atoms with Crippen molar-refractivity contribution in [1.29, 1.82) is 0 Å². The molecule has 4 aromatic rings. The van der Waals surface area contributed by atoms with Crippen LogP contribution in [0.25, 0.3) is 16.3 Å². The Kier molecular flexibility index (Phi) is 5.66. The fourth-order valence-corrected chi connectivity index (χ4v) is 4.20. The van der Waals surface area contributed by atoms with Gasteiger partial charge in [0.05, 0.1) is 11.4 Å². The summed E-state index contributed by atoms with van der Waals surface area (Å²) in [5, 5.41) is 2.25. The molecule has 3 aromatic carbocycles. The number of rotatable bonds is 6. The Hall–Kier alpha value is -3.92. The summed E-state index contributed by atoms with van der Waals surface area (Å²) in [6.45, 7) is 1.99. The van der Waals surface area contributed by atoms with E-state index in [0.29, 0.717) is 18.4 Å². The molecule has 5 rings (SSSR count). The molecule has 0 amide bonds. The van der Waals surface area contributed by atoms with E-state index >= 15 is 0 Å². The molecule has 2 heterocycles. The molecule has 33 heavy (non-hydrogen) atoms. The van der Waals surface area contributed by atoms with Crippen LogP contribution in [0.3, 0.4) is 0 Å². The zero-order valence-electron chi connectivity index (χ0n) is 18.3. The second-order valence-electron chi connectivity index (χ2n) is 8.48. The maximum Gasteiger partial charge on any atom is 0.163 e. The lowest BCUT2D eigenvalue weighted by atomic mass is 9.92. The predicted molar refractivity (Wildman–Crippen MR) is 131 cm³/mol. The molecule has 1 aromatic heterocycles. The van der Waals surface area contributed by atoms with E-state index in [2.05, 4.69) is 22.1 Å². The van der Waals surface area contributed by atoms with Gasteiger partial charge in [0, 0.05) is 36.2 Å². The van der Waals surface area contributed by atoms with Crippen molar-refractivity contribution in [3.63, 3.8) is 0 Å². The van der Waals surface area contributed by atoms with Gasteiger partial charge < -0.3 is 0 Å². The molecule has 0 N–H and O–H groups in total. The van der Waals surface area contributed by atoms with Gasteiger partial charge in [0.25, 0.3) is 0 Å². The zero-order chi connectivity index (χ0) is 22.8. The van der Waals surface area contributed by atoms with E-state index in [4.69, 9.17) is 0 Å². The summed E-state index contributed by atoms with van der Waals surface area (Å²) < 4.78 is 13.2. The van der Waals surface area contributed by atoms with Gasteiger partial charge >= 0.3 is 0 Å². The highest BCUT2D eigenvalue weighted by molar-refractivity contribution is 6.09. The van der Waals surface area contributed by atoms with Gasteiger partial charge in [-0.05, 0) is 52.3 Å². The molecular weight excluding hydrogens is 411 g/mol. The lowest BCUT2D eigenvalue weighted by Crippen LogP contribution is -2.06. The molecule has 0 saturated carbocycles. The Morgan fingerprint density at radius 2 is 1.76 bits per heavy atom. The number of ketones is 1. The zero-order valence-corrected chi connectivity index (χ0v) is 18.3. The van der Waals surface area contributed by atoms with E-state index < -0.39 is 0 Å². The highest BCUT2D eigenvalue weighted by Crippen LogP contribution is 2.28. The average molecular weight is 435 g/mol. The van der Waals surface area contributed by atoms with Crippen molar-refractivity contribution in [2.45, 2.75) is 25.7 Å². The summed E-state index contributed by atoms with van der Waals surface area (Å²) >= 11 is 0. The fraction of sp³-hybridized carbons (Fsp3) is 0.138. The van der Waals surface area contributed by atoms with Gasteiger partial charge in [-0.1, -0.05) is 61.5 Å². The first-order valence-corrected chi connectivity index (χ1v) is 11.1. The minimum Gasteiger partial charge on any atom is -0.294 e. The summed E-state index contributed by atoms with van der Waals surface area (Å²) in [4.78, 5) is 22.1. The lowest BCUT2D eigenvalue weighted by Gasteiger charge is -2.12. The molecule has 1 aliphatic heterocycles. The Labute approximate surface area is 192 Å². The maximum absolute atomic E-state index is 13.2. The molecule has 0 aliphatic carbocycles. The first kappa shape index (κ1) is 21.0. The third kappa shape index (κ3) is 4.51. The van der Waals surface area contributed by atoms with E-state index in [0.717, 1.165) is 38.9 Å². The summed E-state index contributed by atoms with van der Waals surface area (Å²) in [6, 6.07) is 24.3. The molecule has 1 atom stereocenters. The number of halogens is 1. The lowest BCUT2D eigenvalue weighted by molar-refractivity contribution is 0.0975. The maximum atomic E-state index is 13.2. The molecule has 0 unspecified atom stereocenters. The SMILES string of the molecule is C[C@@H](CC(=O)c1cccc(C2=CN=C(c3cc4ccccc4cn3)C2)c1)c1ccc(F)cc1. The van der Waals surface area contributed by atoms with E-state index in [9.17, 15) is 9.18 Å². The van der Waals surface area contributed by atoms with Gasteiger partial charge in [0.1, 0.15) is 5.82 Å². The monoisotopic (exact) mass is 434 g/mol. The van der Waals surface area contributed by atoms with Crippen molar-refractivity contribution in [2.24, 2.45) is 4.99 Å². The number of nitrogens with zero attached hydrogens (tertiary/aromatic N) is 2. The minimum atomic E-state index is -0.268. The van der Waals surface area contributed by atoms with Gasteiger partial charge in [-0.3, -0.25) is 14.8 Å². The number of hydrogen-bond donors (Lipinski definition) is 0. The molecule has 4 heteroatoms. The Balaban J connectivity index is 1.29.